The van der Waals surface area contributed by atoms with Crippen molar-refractivity contribution in [3.8, 4) is 0 Å². The molecular formula is C12H11N3O2S. The Bertz CT molecular complexity index is 602. The Labute approximate surface area is 108 Å². The highest BCUT2D eigenvalue weighted by Crippen LogP contribution is 2.31. The molecule has 0 fully saturated rings. The second-order valence-electron chi connectivity index (χ2n) is 3.61. The number of benzene rings is 1. The summed E-state index contributed by atoms with van der Waals surface area (Å²) in [4.78, 5) is 19.9. The third-order valence-corrected chi connectivity index (χ3v) is 3.23. The zero-order chi connectivity index (χ0) is 13.1. The van der Waals surface area contributed by atoms with E-state index in [0.717, 1.165) is 5.69 Å². The lowest BCUT2D eigenvalue weighted by molar-refractivity contribution is 0.0698. The molecule has 0 aliphatic carbocycles. The molecule has 0 saturated carbocycles. The molecule has 0 aliphatic heterocycles. The van der Waals surface area contributed by atoms with Crippen molar-refractivity contribution < 1.29 is 9.90 Å². The lowest BCUT2D eigenvalue weighted by atomic mass is 10.2. The Hall–Kier alpha value is -2.08. The summed E-state index contributed by atoms with van der Waals surface area (Å²) < 4.78 is 0. The van der Waals surface area contributed by atoms with Crippen molar-refractivity contribution in [2.75, 3.05) is 5.73 Å². The van der Waals surface area contributed by atoms with Gasteiger partial charge in [-0.15, -0.1) is 0 Å². The molecule has 5 nitrogen and oxygen atoms in total. The van der Waals surface area contributed by atoms with Crippen molar-refractivity contribution in [3.63, 3.8) is 0 Å². The smallest absolute Gasteiger partial charge is 0.337 e. The number of carboxylic acids is 1. The SMILES string of the molecule is Cc1ccnc(Sc2cccc(C(=O)O)c2N)n1. The fraction of sp³-hybridized carbons (Fsp3) is 0.0833. The van der Waals surface area contributed by atoms with E-state index in [9.17, 15) is 4.79 Å². The van der Waals surface area contributed by atoms with Crippen LogP contribution >= 0.6 is 11.8 Å². The van der Waals surface area contributed by atoms with Crippen LogP contribution in [0.3, 0.4) is 0 Å². The molecule has 18 heavy (non-hydrogen) atoms. The van der Waals surface area contributed by atoms with Gasteiger partial charge < -0.3 is 10.8 Å². The van der Waals surface area contributed by atoms with E-state index in [1.165, 1.54) is 17.8 Å². The molecule has 2 aromatic rings. The molecule has 0 unspecified atom stereocenters. The Balaban J connectivity index is 2.35. The number of rotatable bonds is 3. The summed E-state index contributed by atoms with van der Waals surface area (Å²) in [5.41, 5.74) is 6.99. The Morgan fingerprint density at radius 3 is 2.83 bits per heavy atom. The maximum atomic E-state index is 11.0. The summed E-state index contributed by atoms with van der Waals surface area (Å²) in [5.74, 6) is -1.04. The van der Waals surface area contributed by atoms with Crippen LogP contribution in [0, 0.1) is 6.92 Å². The van der Waals surface area contributed by atoms with Crippen LogP contribution in [-0.4, -0.2) is 21.0 Å². The second-order valence-corrected chi connectivity index (χ2v) is 4.61. The predicted molar refractivity (Wildman–Crippen MR) is 68.7 cm³/mol. The molecule has 92 valence electrons. The lowest BCUT2D eigenvalue weighted by Crippen LogP contribution is -2.03. The van der Waals surface area contributed by atoms with E-state index in [1.807, 2.05) is 6.92 Å². The van der Waals surface area contributed by atoms with E-state index in [-0.39, 0.29) is 11.3 Å². The molecule has 3 N–H and O–H groups in total. The summed E-state index contributed by atoms with van der Waals surface area (Å²) in [6.45, 7) is 1.86. The number of hydrogen-bond acceptors (Lipinski definition) is 5. The molecule has 0 aliphatic rings. The van der Waals surface area contributed by atoms with E-state index in [0.29, 0.717) is 10.1 Å². The molecular weight excluding hydrogens is 250 g/mol. The third-order valence-electron chi connectivity index (χ3n) is 2.27. The number of para-hydroxylation sites is 1. The quantitative estimate of drug-likeness (QED) is 0.650. The minimum Gasteiger partial charge on any atom is -0.478 e. The number of aromatic carboxylic acids is 1. The molecule has 1 aromatic carbocycles. The number of nitrogens with zero attached hydrogens (tertiary/aromatic N) is 2. The molecule has 1 heterocycles. The van der Waals surface area contributed by atoms with Crippen LogP contribution in [0.2, 0.25) is 0 Å². The molecule has 0 radical (unpaired) electrons. The van der Waals surface area contributed by atoms with Gasteiger partial charge in [-0.05, 0) is 36.9 Å². The Kier molecular flexibility index (Phi) is 3.47. The lowest BCUT2D eigenvalue weighted by Gasteiger charge is -2.07. The average molecular weight is 261 g/mol. The highest BCUT2D eigenvalue weighted by molar-refractivity contribution is 7.99. The first-order valence-corrected chi connectivity index (χ1v) is 5.99. The first-order valence-electron chi connectivity index (χ1n) is 5.17. The normalized spacial score (nSPS) is 10.3. The molecule has 2 rings (SSSR count). The van der Waals surface area contributed by atoms with Crippen molar-refractivity contribution in [2.45, 2.75) is 17.0 Å². The van der Waals surface area contributed by atoms with Crippen LogP contribution in [0.1, 0.15) is 16.1 Å². The van der Waals surface area contributed by atoms with Gasteiger partial charge in [0.15, 0.2) is 5.16 Å². The monoisotopic (exact) mass is 261 g/mol. The Morgan fingerprint density at radius 2 is 2.17 bits per heavy atom. The number of nitrogens with two attached hydrogens (primary N) is 1. The van der Waals surface area contributed by atoms with Gasteiger partial charge in [0.2, 0.25) is 0 Å². The van der Waals surface area contributed by atoms with Crippen LogP contribution in [0.25, 0.3) is 0 Å². The van der Waals surface area contributed by atoms with Gasteiger partial charge in [-0.3, -0.25) is 0 Å². The summed E-state index contributed by atoms with van der Waals surface area (Å²) >= 11 is 1.25. The van der Waals surface area contributed by atoms with Crippen LogP contribution in [-0.2, 0) is 0 Å². The largest absolute Gasteiger partial charge is 0.478 e. The van der Waals surface area contributed by atoms with Gasteiger partial charge >= 0.3 is 5.97 Å². The third kappa shape index (κ3) is 2.60. The van der Waals surface area contributed by atoms with Crippen molar-refractivity contribution in [2.24, 2.45) is 0 Å². The number of carbonyl (C=O) groups is 1. The van der Waals surface area contributed by atoms with Crippen LogP contribution in [0.5, 0.6) is 0 Å². The maximum absolute atomic E-state index is 11.0. The van der Waals surface area contributed by atoms with Crippen LogP contribution in [0.4, 0.5) is 5.69 Å². The van der Waals surface area contributed by atoms with Gasteiger partial charge in [0.25, 0.3) is 0 Å². The van der Waals surface area contributed by atoms with E-state index >= 15 is 0 Å². The van der Waals surface area contributed by atoms with E-state index in [2.05, 4.69) is 9.97 Å². The number of anilines is 1. The fourth-order valence-electron chi connectivity index (χ4n) is 1.39. The fourth-order valence-corrected chi connectivity index (χ4v) is 2.26. The van der Waals surface area contributed by atoms with Crippen molar-refractivity contribution >= 4 is 23.4 Å². The van der Waals surface area contributed by atoms with Crippen LogP contribution < -0.4 is 5.73 Å². The molecule has 0 bridgehead atoms. The van der Waals surface area contributed by atoms with Gasteiger partial charge in [-0.25, -0.2) is 14.8 Å². The molecule has 0 amide bonds. The van der Waals surface area contributed by atoms with E-state index in [4.69, 9.17) is 10.8 Å². The van der Waals surface area contributed by atoms with Gasteiger partial charge in [-0.1, -0.05) is 6.07 Å². The van der Waals surface area contributed by atoms with Gasteiger partial charge in [-0.2, -0.15) is 0 Å². The first-order chi connectivity index (χ1) is 8.58. The van der Waals surface area contributed by atoms with E-state index in [1.54, 1.807) is 24.4 Å². The molecule has 1 aromatic heterocycles. The van der Waals surface area contributed by atoms with Gasteiger partial charge in [0.05, 0.1) is 11.3 Å². The summed E-state index contributed by atoms with van der Waals surface area (Å²) in [7, 11) is 0. The minimum atomic E-state index is -1.04. The van der Waals surface area contributed by atoms with Gasteiger partial charge in [0, 0.05) is 16.8 Å². The van der Waals surface area contributed by atoms with Gasteiger partial charge in [0.1, 0.15) is 0 Å². The highest BCUT2D eigenvalue weighted by Gasteiger charge is 2.12. The standard InChI is InChI=1S/C12H11N3O2S/c1-7-5-6-14-12(15-7)18-9-4-2-3-8(10(9)13)11(16)17/h2-6H,13H2,1H3,(H,16,17). The summed E-state index contributed by atoms with van der Waals surface area (Å²) in [6, 6.07) is 6.66. The molecule has 0 spiro atoms. The minimum absolute atomic E-state index is 0.0904. The maximum Gasteiger partial charge on any atom is 0.337 e. The number of carboxylic acid groups (broad SMARTS) is 1. The van der Waals surface area contributed by atoms with Crippen molar-refractivity contribution in [1.29, 1.82) is 0 Å². The number of aromatic nitrogens is 2. The topological polar surface area (TPSA) is 89.1 Å². The van der Waals surface area contributed by atoms with Crippen LogP contribution in [0.15, 0.2) is 40.5 Å². The molecule has 0 atom stereocenters. The Morgan fingerprint density at radius 1 is 1.39 bits per heavy atom. The number of aryl methyl sites for hydroxylation is 1. The van der Waals surface area contributed by atoms with E-state index < -0.39 is 5.97 Å². The number of hydrogen-bond donors (Lipinski definition) is 2. The highest BCUT2D eigenvalue weighted by atomic mass is 32.2. The summed E-state index contributed by atoms with van der Waals surface area (Å²) in [5, 5.41) is 9.53. The summed E-state index contributed by atoms with van der Waals surface area (Å²) in [6.07, 6.45) is 1.65. The first kappa shape index (κ1) is 12.4. The number of nitrogen functional groups attached to an aromatic ring is 1. The van der Waals surface area contributed by atoms with Crippen molar-refractivity contribution in [3.05, 3.63) is 41.7 Å². The van der Waals surface area contributed by atoms with Crippen molar-refractivity contribution in [1.82, 2.24) is 9.97 Å². The molecule has 6 heteroatoms. The predicted octanol–water partition coefficient (Wildman–Crippen LogP) is 2.22. The molecule has 0 saturated heterocycles. The second kappa shape index (κ2) is 5.05. The zero-order valence-electron chi connectivity index (χ0n) is 9.62. The average Bonchev–Trinajstić information content (AvgIpc) is 2.31. The zero-order valence-corrected chi connectivity index (χ0v) is 10.4.